The van der Waals surface area contributed by atoms with Crippen LogP contribution in [0.1, 0.15) is 187 Å². The predicted octanol–water partition coefficient (Wildman–Crippen LogP) is 11.1. The molecule has 0 heterocycles. The van der Waals surface area contributed by atoms with Crippen LogP contribution in [0.2, 0.25) is 0 Å². The smallest absolute Gasteiger partial charge is 0.132 e. The zero-order valence-electron chi connectivity index (χ0n) is 22.3. The molecular weight excluding hydrogens is 388 g/mol. The van der Waals surface area contributed by atoms with Crippen molar-refractivity contribution in [3.8, 4) is 0 Å². The molecule has 32 heavy (non-hydrogen) atoms. The minimum atomic E-state index is 0.533. The summed E-state index contributed by atoms with van der Waals surface area (Å²) < 4.78 is 0. The summed E-state index contributed by atoms with van der Waals surface area (Å²) in [6.45, 7) is 2.30. The van der Waals surface area contributed by atoms with Crippen molar-refractivity contribution in [3.63, 3.8) is 0 Å². The maximum Gasteiger partial charge on any atom is 0.132 e. The predicted molar refractivity (Wildman–Crippen MR) is 143 cm³/mol. The number of carbonyl (C=O) groups is 1. The van der Waals surface area contributed by atoms with E-state index < -0.39 is 0 Å². The first-order valence-corrected chi connectivity index (χ1v) is 15.3. The van der Waals surface area contributed by atoms with E-state index >= 15 is 0 Å². The van der Waals surface area contributed by atoms with E-state index in [1.807, 2.05) is 0 Å². The molecule has 0 aromatic heterocycles. The minimum Gasteiger partial charge on any atom is -0.300 e. The van der Waals surface area contributed by atoms with Crippen LogP contribution in [0.3, 0.4) is 0 Å². The van der Waals surface area contributed by atoms with Crippen molar-refractivity contribution in [2.24, 2.45) is 5.92 Å². The monoisotopic (exact) mass is 448 g/mol. The lowest BCUT2D eigenvalue weighted by Crippen LogP contribution is -2.00. The Bertz CT molecular complexity index is 382. The summed E-state index contributed by atoms with van der Waals surface area (Å²) in [6, 6.07) is 0. The fourth-order valence-electron chi connectivity index (χ4n) is 5.59. The molecule has 0 aliphatic heterocycles. The van der Waals surface area contributed by atoms with Gasteiger partial charge in [-0.15, -0.1) is 0 Å². The maximum atomic E-state index is 12.0. The second kappa shape index (κ2) is 23.8. The average molecular weight is 449 g/mol. The number of rotatable bonds is 25. The highest BCUT2D eigenvalue weighted by Crippen LogP contribution is 2.29. The molecule has 0 amide bonds. The molecule has 0 saturated heterocycles. The molecule has 0 spiro atoms. The first-order valence-electron chi connectivity index (χ1n) is 15.3. The molecule has 1 rings (SSSR count). The van der Waals surface area contributed by atoms with E-state index in [0.717, 1.165) is 31.6 Å². The van der Waals surface area contributed by atoms with Crippen molar-refractivity contribution < 1.29 is 4.79 Å². The molecule has 1 saturated carbocycles. The van der Waals surface area contributed by atoms with Crippen molar-refractivity contribution in [1.29, 1.82) is 0 Å². The van der Waals surface area contributed by atoms with E-state index in [1.165, 1.54) is 154 Å². The topological polar surface area (TPSA) is 17.1 Å². The molecule has 0 bridgehead atoms. The average Bonchev–Trinajstić information content (AvgIpc) is 3.31. The van der Waals surface area contributed by atoms with Crippen LogP contribution in [0.4, 0.5) is 0 Å². The van der Waals surface area contributed by atoms with Crippen LogP contribution in [0.25, 0.3) is 0 Å². The summed E-state index contributed by atoms with van der Waals surface area (Å²) in [7, 11) is 0. The van der Waals surface area contributed by atoms with Gasteiger partial charge in [-0.25, -0.2) is 0 Å². The lowest BCUT2D eigenvalue weighted by atomic mass is 9.98. The largest absolute Gasteiger partial charge is 0.300 e. The summed E-state index contributed by atoms with van der Waals surface area (Å²) in [5.41, 5.74) is 0. The van der Waals surface area contributed by atoms with Crippen LogP contribution < -0.4 is 0 Å². The molecule has 0 atom stereocenters. The molecule has 0 N–H and O–H groups in total. The zero-order chi connectivity index (χ0) is 23.0. The minimum absolute atomic E-state index is 0.533. The van der Waals surface area contributed by atoms with Gasteiger partial charge in [0.15, 0.2) is 0 Å². The van der Waals surface area contributed by atoms with Gasteiger partial charge in [-0.1, -0.05) is 161 Å². The summed E-state index contributed by atoms with van der Waals surface area (Å²) in [5.74, 6) is 1.48. The summed E-state index contributed by atoms with van der Waals surface area (Å²) >= 11 is 0. The van der Waals surface area contributed by atoms with E-state index in [0.29, 0.717) is 5.78 Å². The van der Waals surface area contributed by atoms with Gasteiger partial charge in [0.25, 0.3) is 0 Å². The van der Waals surface area contributed by atoms with Crippen LogP contribution in [0.5, 0.6) is 0 Å². The van der Waals surface area contributed by atoms with Gasteiger partial charge in [0, 0.05) is 12.8 Å². The molecule has 1 aliphatic rings. The molecule has 1 fully saturated rings. The molecule has 0 aromatic rings. The number of hydrogen-bond donors (Lipinski definition) is 0. The first-order chi connectivity index (χ1) is 15.8. The molecule has 1 aliphatic carbocycles. The van der Waals surface area contributed by atoms with Crippen LogP contribution in [-0.4, -0.2) is 5.78 Å². The Balaban J connectivity index is 1.67. The van der Waals surface area contributed by atoms with Crippen LogP contribution >= 0.6 is 0 Å². The van der Waals surface area contributed by atoms with Gasteiger partial charge in [0.1, 0.15) is 5.78 Å². The summed E-state index contributed by atoms with van der Waals surface area (Å²) in [5, 5.41) is 0. The van der Waals surface area contributed by atoms with Crippen LogP contribution in [0, 0.1) is 5.92 Å². The van der Waals surface area contributed by atoms with Gasteiger partial charge < -0.3 is 0 Å². The van der Waals surface area contributed by atoms with Crippen LogP contribution in [-0.2, 0) is 4.79 Å². The van der Waals surface area contributed by atoms with Gasteiger partial charge in [0.05, 0.1) is 0 Å². The summed E-state index contributed by atoms with van der Waals surface area (Å²) in [6.07, 6.45) is 38.2. The number of carbonyl (C=O) groups excluding carboxylic acids is 1. The number of hydrogen-bond acceptors (Lipinski definition) is 1. The second-order valence-corrected chi connectivity index (χ2v) is 11.0. The maximum absolute atomic E-state index is 12.0. The highest BCUT2D eigenvalue weighted by atomic mass is 16.1. The van der Waals surface area contributed by atoms with Gasteiger partial charge in [-0.05, 0) is 18.8 Å². The molecule has 1 heteroatoms. The highest BCUT2D eigenvalue weighted by molar-refractivity contribution is 5.78. The molecule has 1 nitrogen and oxygen atoms in total. The van der Waals surface area contributed by atoms with Gasteiger partial charge in [-0.3, -0.25) is 4.79 Å². The van der Waals surface area contributed by atoms with E-state index in [9.17, 15) is 4.79 Å². The Morgan fingerprint density at radius 3 is 1.25 bits per heavy atom. The Morgan fingerprint density at radius 2 is 0.844 bits per heavy atom. The third kappa shape index (κ3) is 20.3. The quantitative estimate of drug-likeness (QED) is 0.127. The van der Waals surface area contributed by atoms with E-state index in [2.05, 4.69) is 6.92 Å². The van der Waals surface area contributed by atoms with E-state index in [4.69, 9.17) is 0 Å². The zero-order valence-corrected chi connectivity index (χ0v) is 22.3. The molecular formula is C31H60O. The van der Waals surface area contributed by atoms with Crippen LogP contribution in [0.15, 0.2) is 0 Å². The second-order valence-electron chi connectivity index (χ2n) is 11.0. The normalized spacial score (nSPS) is 14.4. The number of Topliss-reactive ketones (excluding diaryl/α,β-unsaturated/α-hetero) is 1. The Hall–Kier alpha value is -0.330. The third-order valence-electron chi connectivity index (χ3n) is 7.85. The highest BCUT2D eigenvalue weighted by Gasteiger charge is 2.14. The molecule has 0 unspecified atom stereocenters. The first kappa shape index (κ1) is 29.7. The van der Waals surface area contributed by atoms with Crippen molar-refractivity contribution in [2.45, 2.75) is 187 Å². The molecule has 190 valence electrons. The summed E-state index contributed by atoms with van der Waals surface area (Å²) in [4.78, 5) is 12.0. The fraction of sp³-hybridized carbons (Fsp3) is 0.968. The van der Waals surface area contributed by atoms with Crippen molar-refractivity contribution in [3.05, 3.63) is 0 Å². The fourth-order valence-corrected chi connectivity index (χ4v) is 5.59. The SMILES string of the molecule is CCCCCCCCCCCCCCCCCCCCCCC(=O)CCCC1CCCC1. The van der Waals surface area contributed by atoms with Crippen molar-refractivity contribution >= 4 is 5.78 Å². The lowest BCUT2D eigenvalue weighted by molar-refractivity contribution is -0.119. The van der Waals surface area contributed by atoms with Crippen molar-refractivity contribution in [1.82, 2.24) is 0 Å². The van der Waals surface area contributed by atoms with Crippen molar-refractivity contribution in [2.75, 3.05) is 0 Å². The lowest BCUT2D eigenvalue weighted by Gasteiger charge is -2.07. The Labute approximate surface area is 203 Å². The molecule has 0 radical (unpaired) electrons. The van der Waals surface area contributed by atoms with E-state index in [1.54, 1.807) is 0 Å². The van der Waals surface area contributed by atoms with E-state index in [-0.39, 0.29) is 0 Å². The van der Waals surface area contributed by atoms with Gasteiger partial charge in [0.2, 0.25) is 0 Å². The standard InChI is InChI=1S/C31H60O/c1-2-3-4-5-6-7-8-9-10-11-12-13-14-15-16-17-18-19-20-21-28-31(32)29-24-27-30-25-22-23-26-30/h30H,2-29H2,1H3. The van der Waals surface area contributed by atoms with Gasteiger partial charge in [-0.2, -0.15) is 0 Å². The molecule has 0 aromatic carbocycles. The Kier molecular flexibility index (Phi) is 22.1. The third-order valence-corrected chi connectivity index (χ3v) is 7.85. The number of ketones is 1. The Morgan fingerprint density at radius 1 is 0.500 bits per heavy atom. The van der Waals surface area contributed by atoms with Gasteiger partial charge >= 0.3 is 0 Å². The number of unbranched alkanes of at least 4 members (excludes halogenated alkanes) is 19.